The van der Waals surface area contributed by atoms with Crippen molar-refractivity contribution in [1.82, 2.24) is 0 Å². The van der Waals surface area contributed by atoms with Gasteiger partial charge in [-0.2, -0.15) is 0 Å². The second kappa shape index (κ2) is 5.94. The van der Waals surface area contributed by atoms with Gasteiger partial charge in [0, 0.05) is 12.3 Å². The maximum absolute atomic E-state index is 11.5. The molecular weight excluding hydrogens is 227 g/mol. The molecule has 0 bridgehead atoms. The third-order valence-electron chi connectivity index (χ3n) is 2.13. The van der Waals surface area contributed by atoms with Gasteiger partial charge in [-0.15, -0.1) is 0 Å². The number of Topliss-reactive ketones (excluding diaryl/α,β-unsaturated/α-hetero) is 1. The molecule has 1 aromatic rings. The summed E-state index contributed by atoms with van der Waals surface area (Å²) in [6.45, 7) is 3.73. The summed E-state index contributed by atoms with van der Waals surface area (Å²) in [7, 11) is -2.38. The predicted molar refractivity (Wildman–Crippen MR) is 62.0 cm³/mol. The second-order valence-corrected chi connectivity index (χ2v) is 4.47. The van der Waals surface area contributed by atoms with Crippen molar-refractivity contribution >= 4 is 14.4 Å². The Labute approximate surface area is 95.9 Å². The van der Waals surface area contributed by atoms with Crippen LogP contribution in [0.15, 0.2) is 24.3 Å². The minimum atomic E-state index is -2.38. The Morgan fingerprint density at radius 1 is 1.31 bits per heavy atom. The van der Waals surface area contributed by atoms with Crippen LogP contribution < -0.4 is 4.52 Å². The van der Waals surface area contributed by atoms with Crippen molar-refractivity contribution in [2.24, 2.45) is 5.92 Å². The molecule has 0 atom stereocenters. The van der Waals surface area contributed by atoms with Crippen LogP contribution in [-0.4, -0.2) is 15.6 Å². The zero-order valence-corrected chi connectivity index (χ0v) is 10.1. The molecule has 1 aromatic carbocycles. The average molecular weight is 242 g/mol. The second-order valence-electron chi connectivity index (χ2n) is 3.79. The fraction of sp³-hybridized carbons (Fsp3) is 0.364. The van der Waals surface area contributed by atoms with E-state index < -0.39 is 8.60 Å². The van der Waals surface area contributed by atoms with Gasteiger partial charge in [-0.25, -0.2) is 0 Å². The van der Waals surface area contributed by atoms with Gasteiger partial charge in [0.2, 0.25) is 0 Å². The van der Waals surface area contributed by atoms with Gasteiger partial charge in [0.15, 0.2) is 0 Å². The van der Waals surface area contributed by atoms with Crippen molar-refractivity contribution in [1.29, 1.82) is 0 Å². The van der Waals surface area contributed by atoms with Crippen LogP contribution in [0.4, 0.5) is 0 Å². The molecule has 0 aromatic heterocycles. The molecule has 0 amide bonds. The van der Waals surface area contributed by atoms with Gasteiger partial charge in [-0.05, 0) is 17.7 Å². The fourth-order valence-corrected chi connectivity index (χ4v) is 1.48. The molecule has 0 spiro atoms. The van der Waals surface area contributed by atoms with Gasteiger partial charge in [0.25, 0.3) is 0 Å². The van der Waals surface area contributed by atoms with Crippen LogP contribution in [0, 0.1) is 5.92 Å². The van der Waals surface area contributed by atoms with Crippen LogP contribution in [0.25, 0.3) is 0 Å². The van der Waals surface area contributed by atoms with Gasteiger partial charge in [0.05, 0.1) is 0 Å². The zero-order valence-electron chi connectivity index (χ0n) is 9.25. The Hall–Kier alpha value is -0.960. The molecule has 0 heterocycles. The fourth-order valence-electron chi connectivity index (χ4n) is 1.17. The number of carbonyl (C=O) groups is 1. The quantitative estimate of drug-likeness (QED) is 0.775. The Morgan fingerprint density at radius 3 is 2.31 bits per heavy atom. The molecule has 4 nitrogen and oxygen atoms in total. The van der Waals surface area contributed by atoms with E-state index in [9.17, 15) is 4.79 Å². The maximum atomic E-state index is 11.5. The van der Waals surface area contributed by atoms with Gasteiger partial charge in [0.1, 0.15) is 11.5 Å². The minimum Gasteiger partial charge on any atom is -0.427 e. The van der Waals surface area contributed by atoms with Gasteiger partial charge < -0.3 is 14.3 Å². The predicted octanol–water partition coefficient (Wildman–Crippen LogP) is 2.04. The molecule has 0 aliphatic heterocycles. The monoisotopic (exact) mass is 242 g/mol. The summed E-state index contributed by atoms with van der Waals surface area (Å²) in [5, 5.41) is 0. The molecular formula is C11H15O4P. The Morgan fingerprint density at radius 2 is 1.88 bits per heavy atom. The van der Waals surface area contributed by atoms with E-state index in [2.05, 4.69) is 0 Å². The smallest absolute Gasteiger partial charge is 0.391 e. The highest BCUT2D eigenvalue weighted by Crippen LogP contribution is 2.28. The van der Waals surface area contributed by atoms with Crippen molar-refractivity contribution < 1.29 is 19.1 Å². The van der Waals surface area contributed by atoms with E-state index >= 15 is 0 Å². The lowest BCUT2D eigenvalue weighted by molar-refractivity contribution is -0.121. The first-order valence-corrected chi connectivity index (χ1v) is 6.13. The molecule has 0 aliphatic rings. The average Bonchev–Trinajstić information content (AvgIpc) is 2.20. The van der Waals surface area contributed by atoms with Crippen LogP contribution in [0.3, 0.4) is 0 Å². The summed E-state index contributed by atoms with van der Waals surface area (Å²) in [6.07, 6.45) is 0.394. The summed E-state index contributed by atoms with van der Waals surface area (Å²) in [5.41, 5.74) is 0.895. The molecule has 0 radical (unpaired) electrons. The zero-order chi connectivity index (χ0) is 12.1. The molecule has 1 rings (SSSR count). The van der Waals surface area contributed by atoms with E-state index in [1.165, 1.54) is 0 Å². The maximum Gasteiger partial charge on any atom is 0.391 e. The highest BCUT2D eigenvalue weighted by molar-refractivity contribution is 7.39. The Bertz CT molecular complexity index is 346. The number of benzene rings is 1. The molecule has 0 saturated carbocycles. The van der Waals surface area contributed by atoms with Gasteiger partial charge in [-0.3, -0.25) is 4.79 Å². The SMILES string of the molecule is CC(C)C(=O)Cc1ccc(OP(O)O)cc1. The summed E-state index contributed by atoms with van der Waals surface area (Å²) in [5.74, 6) is 0.593. The van der Waals surface area contributed by atoms with Crippen LogP contribution in [0.2, 0.25) is 0 Å². The van der Waals surface area contributed by atoms with E-state index in [1.807, 2.05) is 13.8 Å². The Balaban J connectivity index is 2.61. The summed E-state index contributed by atoms with van der Waals surface area (Å²) >= 11 is 0. The topological polar surface area (TPSA) is 66.8 Å². The molecule has 88 valence electrons. The number of hydrogen-bond donors (Lipinski definition) is 2. The molecule has 0 fully saturated rings. The molecule has 0 saturated heterocycles. The summed E-state index contributed by atoms with van der Waals surface area (Å²) in [6, 6.07) is 6.72. The van der Waals surface area contributed by atoms with E-state index in [1.54, 1.807) is 24.3 Å². The third-order valence-corrected chi connectivity index (χ3v) is 2.51. The van der Waals surface area contributed by atoms with E-state index in [4.69, 9.17) is 14.3 Å². The summed E-state index contributed by atoms with van der Waals surface area (Å²) in [4.78, 5) is 28.7. The molecule has 0 aliphatic carbocycles. The van der Waals surface area contributed by atoms with Crippen LogP contribution >= 0.6 is 8.60 Å². The van der Waals surface area contributed by atoms with Crippen LogP contribution in [0.1, 0.15) is 19.4 Å². The number of carbonyl (C=O) groups excluding carboxylic acids is 1. The van der Waals surface area contributed by atoms with E-state index in [0.717, 1.165) is 5.56 Å². The largest absolute Gasteiger partial charge is 0.427 e. The first-order valence-electron chi connectivity index (χ1n) is 4.96. The Kier molecular flexibility index (Phi) is 4.87. The van der Waals surface area contributed by atoms with Gasteiger partial charge in [-0.1, -0.05) is 26.0 Å². The van der Waals surface area contributed by atoms with Gasteiger partial charge >= 0.3 is 8.60 Å². The third kappa shape index (κ3) is 4.27. The normalized spacial score (nSPS) is 10.9. The van der Waals surface area contributed by atoms with Crippen molar-refractivity contribution in [2.75, 3.05) is 0 Å². The minimum absolute atomic E-state index is 0.0265. The van der Waals surface area contributed by atoms with E-state index in [0.29, 0.717) is 12.2 Å². The van der Waals surface area contributed by atoms with Crippen LogP contribution in [0.5, 0.6) is 5.75 Å². The standard InChI is InChI=1S/C11H15O4P/c1-8(2)11(12)7-9-3-5-10(6-4-9)15-16(13)14/h3-6,8,13-14H,7H2,1-2H3. The first-order chi connectivity index (χ1) is 7.49. The number of hydrogen-bond acceptors (Lipinski definition) is 4. The van der Waals surface area contributed by atoms with E-state index in [-0.39, 0.29) is 11.7 Å². The molecule has 16 heavy (non-hydrogen) atoms. The van der Waals surface area contributed by atoms with Crippen molar-refractivity contribution in [3.05, 3.63) is 29.8 Å². The number of ketones is 1. The molecule has 2 N–H and O–H groups in total. The first kappa shape index (κ1) is 13.1. The molecule has 0 unspecified atom stereocenters. The highest BCUT2D eigenvalue weighted by atomic mass is 31.2. The lowest BCUT2D eigenvalue weighted by Crippen LogP contribution is -2.09. The van der Waals surface area contributed by atoms with Crippen molar-refractivity contribution in [2.45, 2.75) is 20.3 Å². The number of rotatable bonds is 5. The van der Waals surface area contributed by atoms with Crippen molar-refractivity contribution in [3.63, 3.8) is 0 Å². The highest BCUT2D eigenvalue weighted by Gasteiger charge is 2.08. The summed E-state index contributed by atoms with van der Waals surface area (Å²) < 4.78 is 4.71. The van der Waals surface area contributed by atoms with Crippen LogP contribution in [-0.2, 0) is 11.2 Å². The lowest BCUT2D eigenvalue weighted by Gasteiger charge is -2.07. The molecule has 5 heteroatoms. The van der Waals surface area contributed by atoms with Crippen molar-refractivity contribution in [3.8, 4) is 5.75 Å². The lowest BCUT2D eigenvalue weighted by atomic mass is 10.0.